The second-order valence-corrected chi connectivity index (χ2v) is 7.49. The van der Waals surface area contributed by atoms with Gasteiger partial charge in [-0.1, -0.05) is 6.92 Å². The van der Waals surface area contributed by atoms with Gasteiger partial charge in [-0.25, -0.2) is 4.98 Å². The second kappa shape index (κ2) is 9.13. The largest absolute Gasteiger partial charge is 0.493 e. The van der Waals surface area contributed by atoms with E-state index in [0.29, 0.717) is 54.2 Å². The highest BCUT2D eigenvalue weighted by Gasteiger charge is 2.35. The summed E-state index contributed by atoms with van der Waals surface area (Å²) in [6.07, 6.45) is 3.27. The van der Waals surface area contributed by atoms with Crippen LogP contribution >= 0.6 is 0 Å². The van der Waals surface area contributed by atoms with E-state index in [1.807, 2.05) is 11.8 Å². The first-order chi connectivity index (χ1) is 14.4. The summed E-state index contributed by atoms with van der Waals surface area (Å²) in [7, 11) is 3.03. The lowest BCUT2D eigenvalue weighted by atomic mass is 10.00. The minimum Gasteiger partial charge on any atom is -0.493 e. The molecule has 1 aromatic heterocycles. The van der Waals surface area contributed by atoms with Gasteiger partial charge in [-0.05, 0) is 38.3 Å². The fourth-order valence-corrected chi connectivity index (χ4v) is 3.83. The number of carbonyl (C=O) groups is 1. The average molecular weight is 413 g/mol. The Morgan fingerprint density at radius 3 is 2.57 bits per heavy atom. The second-order valence-electron chi connectivity index (χ2n) is 7.49. The molecule has 9 nitrogen and oxygen atoms in total. The van der Waals surface area contributed by atoms with Crippen molar-refractivity contribution in [1.29, 1.82) is 5.26 Å². The number of methoxy groups -OCH3 is 2. The Morgan fingerprint density at radius 1 is 1.30 bits per heavy atom. The summed E-state index contributed by atoms with van der Waals surface area (Å²) >= 11 is 0. The van der Waals surface area contributed by atoms with Crippen LogP contribution in [0.4, 0.5) is 0 Å². The summed E-state index contributed by atoms with van der Waals surface area (Å²) in [6.45, 7) is 2.92. The highest BCUT2D eigenvalue weighted by molar-refractivity contribution is 5.82. The van der Waals surface area contributed by atoms with E-state index in [1.54, 1.807) is 12.1 Å². The van der Waals surface area contributed by atoms with Gasteiger partial charge in [0, 0.05) is 6.07 Å². The number of hydrogen-bond acceptors (Lipinski definition) is 7. The molecule has 0 unspecified atom stereocenters. The van der Waals surface area contributed by atoms with Gasteiger partial charge in [0.2, 0.25) is 5.91 Å². The Hall–Kier alpha value is -3.12. The van der Waals surface area contributed by atoms with Gasteiger partial charge in [0.1, 0.15) is 11.4 Å². The third-order valence-corrected chi connectivity index (χ3v) is 5.50. The molecule has 9 heteroatoms. The number of likely N-dealkylation sites (N-methyl/N-ethyl adjacent to an activating group) is 1. The van der Waals surface area contributed by atoms with E-state index in [1.165, 1.54) is 14.2 Å². The molecule has 0 spiro atoms. The van der Waals surface area contributed by atoms with Gasteiger partial charge in [-0.2, -0.15) is 5.26 Å². The number of carbonyl (C=O) groups excluding carboxylic acids is 1. The molecule has 1 fully saturated rings. The number of amides is 1. The topological polar surface area (TPSA) is 120 Å². The van der Waals surface area contributed by atoms with Crippen LogP contribution in [0.3, 0.4) is 0 Å². The van der Waals surface area contributed by atoms with Crippen molar-refractivity contribution in [1.82, 2.24) is 20.2 Å². The summed E-state index contributed by atoms with van der Waals surface area (Å²) < 4.78 is 10.5. The molecule has 0 saturated heterocycles. The fraction of sp³-hybridized carbons (Fsp3) is 0.524. The molecule has 0 radical (unpaired) electrons. The molecule has 1 amide bonds. The van der Waals surface area contributed by atoms with Crippen molar-refractivity contribution >= 4 is 16.8 Å². The third kappa shape index (κ3) is 4.54. The van der Waals surface area contributed by atoms with Crippen molar-refractivity contribution < 1.29 is 14.3 Å². The zero-order valence-electron chi connectivity index (χ0n) is 17.6. The molecular weight excluding hydrogens is 386 g/mol. The first-order valence-corrected chi connectivity index (χ1v) is 10.0. The molecule has 1 aliphatic carbocycles. The molecule has 3 rings (SSSR count). The van der Waals surface area contributed by atoms with Crippen LogP contribution in [-0.4, -0.2) is 53.6 Å². The Kier molecular flexibility index (Phi) is 6.57. The molecule has 2 N–H and O–H groups in total. The number of hydrogen-bond donors (Lipinski definition) is 2. The number of aromatic amines is 1. The van der Waals surface area contributed by atoms with E-state index in [2.05, 4.69) is 21.4 Å². The van der Waals surface area contributed by atoms with E-state index < -0.39 is 5.54 Å². The summed E-state index contributed by atoms with van der Waals surface area (Å²) in [6, 6.07) is 5.52. The van der Waals surface area contributed by atoms with Crippen LogP contribution < -0.4 is 20.3 Å². The van der Waals surface area contributed by atoms with E-state index in [4.69, 9.17) is 9.47 Å². The minimum atomic E-state index is -0.748. The zero-order chi connectivity index (χ0) is 21.7. The first kappa shape index (κ1) is 21.6. The Morgan fingerprint density at radius 2 is 1.97 bits per heavy atom. The lowest BCUT2D eigenvalue weighted by Gasteiger charge is -2.25. The Balaban J connectivity index is 1.77. The number of ether oxygens (including phenoxy) is 2. The molecule has 160 valence electrons. The predicted octanol–water partition coefficient (Wildman–Crippen LogP) is 1.71. The van der Waals surface area contributed by atoms with Crippen LogP contribution in [-0.2, 0) is 11.3 Å². The molecule has 1 aromatic carbocycles. The summed E-state index contributed by atoms with van der Waals surface area (Å²) in [5.41, 5.74) is -0.547. The van der Waals surface area contributed by atoms with Gasteiger partial charge in [0.15, 0.2) is 11.5 Å². The van der Waals surface area contributed by atoms with E-state index >= 15 is 0 Å². The highest BCUT2D eigenvalue weighted by atomic mass is 16.5. The monoisotopic (exact) mass is 413 g/mol. The summed E-state index contributed by atoms with van der Waals surface area (Å²) in [5.74, 6) is 1.19. The maximum absolute atomic E-state index is 12.5. The third-order valence-electron chi connectivity index (χ3n) is 5.50. The molecule has 1 heterocycles. The van der Waals surface area contributed by atoms with Gasteiger partial charge in [-0.3, -0.25) is 14.5 Å². The maximum Gasteiger partial charge on any atom is 0.258 e. The van der Waals surface area contributed by atoms with Crippen LogP contribution in [0, 0.1) is 11.3 Å². The summed E-state index contributed by atoms with van der Waals surface area (Å²) in [5, 5.41) is 12.8. The fourth-order valence-electron chi connectivity index (χ4n) is 3.83. The Bertz CT molecular complexity index is 1020. The highest BCUT2D eigenvalue weighted by Crippen LogP contribution is 2.30. The van der Waals surface area contributed by atoms with Crippen molar-refractivity contribution in [2.45, 2.75) is 44.7 Å². The van der Waals surface area contributed by atoms with E-state index in [-0.39, 0.29) is 18.0 Å². The van der Waals surface area contributed by atoms with Crippen molar-refractivity contribution in [3.63, 3.8) is 0 Å². The first-order valence-electron chi connectivity index (χ1n) is 10.0. The molecular formula is C21H27N5O4. The predicted molar refractivity (Wildman–Crippen MR) is 111 cm³/mol. The summed E-state index contributed by atoms with van der Waals surface area (Å²) in [4.78, 5) is 34.2. The standard InChI is InChI=1S/C21H27N5O4/c1-4-26(12-19(27)25-21(13-22)7-5-6-8-21)11-18-23-15-10-17(30-3)16(29-2)9-14(15)20(28)24-18/h9-10H,4-8,11-12H2,1-3H3,(H,25,27)(H,23,24,28). The number of aromatic nitrogens is 2. The zero-order valence-corrected chi connectivity index (χ0v) is 17.6. The SMILES string of the molecule is CCN(CC(=O)NC1(C#N)CCCC1)Cc1nc2cc(OC)c(OC)cc2c(=O)[nH]1. The molecule has 0 aliphatic heterocycles. The number of nitriles is 1. The molecule has 1 saturated carbocycles. The van der Waals surface area contributed by atoms with Crippen LogP contribution in [0.25, 0.3) is 10.9 Å². The lowest BCUT2D eigenvalue weighted by Crippen LogP contribution is -2.49. The van der Waals surface area contributed by atoms with Gasteiger partial charge in [-0.15, -0.1) is 0 Å². The molecule has 30 heavy (non-hydrogen) atoms. The van der Waals surface area contributed by atoms with E-state index in [0.717, 1.165) is 12.8 Å². The van der Waals surface area contributed by atoms with Gasteiger partial charge >= 0.3 is 0 Å². The number of fused-ring (bicyclic) bond motifs is 1. The molecule has 0 bridgehead atoms. The number of nitrogens with one attached hydrogen (secondary N) is 2. The number of benzene rings is 1. The van der Waals surface area contributed by atoms with Crippen LogP contribution in [0.5, 0.6) is 11.5 Å². The smallest absolute Gasteiger partial charge is 0.258 e. The average Bonchev–Trinajstić information content (AvgIpc) is 3.21. The van der Waals surface area contributed by atoms with E-state index in [9.17, 15) is 14.9 Å². The maximum atomic E-state index is 12.5. The minimum absolute atomic E-state index is 0.119. The van der Waals surface area contributed by atoms with Crippen LogP contribution in [0.15, 0.2) is 16.9 Å². The normalized spacial score (nSPS) is 15.2. The van der Waals surface area contributed by atoms with Crippen molar-refractivity contribution in [3.8, 4) is 17.6 Å². The van der Waals surface area contributed by atoms with Crippen LogP contribution in [0.1, 0.15) is 38.4 Å². The molecule has 1 aliphatic rings. The number of H-pyrrole nitrogens is 1. The number of nitrogens with zero attached hydrogens (tertiary/aromatic N) is 3. The van der Waals surface area contributed by atoms with Crippen LogP contribution in [0.2, 0.25) is 0 Å². The van der Waals surface area contributed by atoms with Crippen molar-refractivity contribution in [2.75, 3.05) is 27.3 Å². The Labute approximate surface area is 175 Å². The quantitative estimate of drug-likeness (QED) is 0.676. The van der Waals surface area contributed by atoms with Crippen molar-refractivity contribution in [3.05, 3.63) is 28.3 Å². The van der Waals surface area contributed by atoms with Gasteiger partial charge in [0.25, 0.3) is 5.56 Å². The molecule has 0 atom stereocenters. The van der Waals surface area contributed by atoms with Crippen molar-refractivity contribution in [2.24, 2.45) is 0 Å². The molecule has 2 aromatic rings. The lowest BCUT2D eigenvalue weighted by molar-refractivity contribution is -0.123. The number of rotatable bonds is 8. The van der Waals surface area contributed by atoms with Gasteiger partial charge in [0.05, 0.1) is 44.3 Å². The van der Waals surface area contributed by atoms with Gasteiger partial charge < -0.3 is 19.8 Å².